The van der Waals surface area contributed by atoms with Crippen LogP contribution in [0.5, 0.6) is 0 Å². The Balaban J connectivity index is 3.58. The number of unbranched alkanes of at least 4 members (excludes halogenated alkanes) is 12. The van der Waals surface area contributed by atoms with Gasteiger partial charge in [-0.05, 0) is 19.8 Å². The van der Waals surface area contributed by atoms with Crippen molar-refractivity contribution in [3.8, 4) is 0 Å². The molecule has 2 atom stereocenters. The van der Waals surface area contributed by atoms with Crippen LogP contribution < -0.4 is 0 Å². The minimum absolute atomic E-state index is 0.347. The average Bonchev–Trinajstić information content (AvgIpc) is 2.61. The highest BCUT2D eigenvalue weighted by atomic mass is 32.2. The molecule has 0 aliphatic carbocycles. The van der Waals surface area contributed by atoms with E-state index < -0.39 is 15.1 Å². The van der Waals surface area contributed by atoms with E-state index in [0.29, 0.717) is 19.1 Å². The number of hydrogen-bond donors (Lipinski definition) is 0. The molecule has 0 aromatic heterocycles. The zero-order valence-corrected chi connectivity index (χ0v) is 17.8. The molecule has 0 aromatic carbocycles. The highest BCUT2D eigenvalue weighted by Crippen LogP contribution is 2.19. The summed E-state index contributed by atoms with van der Waals surface area (Å²) in [5, 5.41) is -1.21. The molecule has 25 heavy (non-hydrogen) atoms. The molecule has 0 amide bonds. The van der Waals surface area contributed by atoms with Gasteiger partial charge in [-0.3, -0.25) is 0 Å². The largest absolute Gasteiger partial charge is 0.302 e. The fourth-order valence-electron chi connectivity index (χ4n) is 3.37. The van der Waals surface area contributed by atoms with Crippen molar-refractivity contribution in [2.75, 3.05) is 0 Å². The Morgan fingerprint density at radius 1 is 0.720 bits per heavy atom. The van der Waals surface area contributed by atoms with E-state index in [0.717, 1.165) is 12.8 Å². The van der Waals surface area contributed by atoms with Crippen molar-refractivity contribution in [3.05, 3.63) is 0 Å². The lowest BCUT2D eigenvalue weighted by molar-refractivity contribution is -0.107. The molecule has 2 unspecified atom stereocenters. The lowest BCUT2D eigenvalue weighted by atomic mass is 10.0. The van der Waals surface area contributed by atoms with Crippen LogP contribution in [0.1, 0.15) is 117 Å². The van der Waals surface area contributed by atoms with Crippen LogP contribution in [0.4, 0.5) is 0 Å². The Morgan fingerprint density at radius 2 is 1.12 bits per heavy atom. The Morgan fingerprint density at radius 3 is 1.48 bits per heavy atom. The Kier molecular flexibility index (Phi) is 15.6. The van der Waals surface area contributed by atoms with Crippen LogP contribution in [0.15, 0.2) is 0 Å². The zero-order valence-electron chi connectivity index (χ0n) is 17.0. The molecule has 0 N–H and O–H groups in total. The van der Waals surface area contributed by atoms with Gasteiger partial charge in [0.15, 0.2) is 9.84 Å². The van der Waals surface area contributed by atoms with Crippen molar-refractivity contribution >= 4 is 16.1 Å². The number of carbonyl (C=O) groups is 1. The first-order valence-corrected chi connectivity index (χ1v) is 12.3. The SMILES string of the molecule is CCCCCCCCCCCCCCCC(CC)S(=O)(=O)C(C)C=O. The quantitative estimate of drug-likeness (QED) is 0.210. The third-order valence-electron chi connectivity index (χ3n) is 5.26. The molecule has 3 nitrogen and oxygen atoms in total. The molecule has 0 saturated heterocycles. The summed E-state index contributed by atoms with van der Waals surface area (Å²) < 4.78 is 24.4. The van der Waals surface area contributed by atoms with Crippen LogP contribution >= 0.6 is 0 Å². The van der Waals surface area contributed by atoms with Gasteiger partial charge in [-0.1, -0.05) is 97.3 Å². The summed E-state index contributed by atoms with van der Waals surface area (Å²) in [6.07, 6.45) is 18.7. The van der Waals surface area contributed by atoms with E-state index >= 15 is 0 Å². The third-order valence-corrected chi connectivity index (χ3v) is 7.91. The van der Waals surface area contributed by atoms with Crippen LogP contribution in [0.3, 0.4) is 0 Å². The zero-order chi connectivity index (χ0) is 19.0. The van der Waals surface area contributed by atoms with Crippen LogP contribution in [-0.2, 0) is 14.6 Å². The minimum Gasteiger partial charge on any atom is -0.302 e. The lowest BCUT2D eigenvalue weighted by Crippen LogP contribution is -2.30. The molecule has 0 fully saturated rings. The second kappa shape index (κ2) is 15.8. The summed E-state index contributed by atoms with van der Waals surface area (Å²) >= 11 is 0. The molecule has 0 rings (SSSR count). The van der Waals surface area contributed by atoms with Gasteiger partial charge in [0.2, 0.25) is 0 Å². The molecule has 0 aliphatic rings. The van der Waals surface area contributed by atoms with Crippen molar-refractivity contribution in [1.29, 1.82) is 0 Å². The van der Waals surface area contributed by atoms with Gasteiger partial charge in [-0.15, -0.1) is 0 Å². The van der Waals surface area contributed by atoms with Gasteiger partial charge in [-0.2, -0.15) is 0 Å². The standard InChI is InChI=1S/C21H42O3S/c1-4-6-7-8-9-10-11-12-13-14-15-16-17-18-21(5-2)25(23,24)20(3)19-22/h19-21H,4-18H2,1-3H3. The molecule has 0 spiro atoms. The third kappa shape index (κ3) is 11.8. The first-order chi connectivity index (χ1) is 12.0. The lowest BCUT2D eigenvalue weighted by Gasteiger charge is -2.17. The van der Waals surface area contributed by atoms with Crippen LogP contribution in [0.2, 0.25) is 0 Å². The van der Waals surface area contributed by atoms with Crippen molar-refractivity contribution < 1.29 is 13.2 Å². The van der Waals surface area contributed by atoms with Crippen molar-refractivity contribution in [2.45, 2.75) is 128 Å². The summed E-state index contributed by atoms with van der Waals surface area (Å²) in [4.78, 5) is 10.8. The van der Waals surface area contributed by atoms with Gasteiger partial charge in [-0.25, -0.2) is 8.42 Å². The van der Waals surface area contributed by atoms with E-state index in [1.54, 1.807) is 0 Å². The van der Waals surface area contributed by atoms with E-state index in [2.05, 4.69) is 6.92 Å². The average molecular weight is 375 g/mol. The van der Waals surface area contributed by atoms with Gasteiger partial charge in [0, 0.05) is 0 Å². The predicted molar refractivity (Wildman–Crippen MR) is 109 cm³/mol. The molecule has 0 aliphatic heterocycles. The van der Waals surface area contributed by atoms with Crippen molar-refractivity contribution in [2.24, 2.45) is 0 Å². The predicted octanol–water partition coefficient (Wildman–Crippen LogP) is 6.25. The highest BCUT2D eigenvalue weighted by molar-refractivity contribution is 7.93. The maximum Gasteiger partial charge on any atom is 0.162 e. The van der Waals surface area contributed by atoms with E-state index in [9.17, 15) is 13.2 Å². The Bertz CT molecular complexity index is 403. The van der Waals surface area contributed by atoms with Gasteiger partial charge in [0.05, 0.1) is 5.25 Å². The molecule has 0 aromatic rings. The Labute approximate surface area is 157 Å². The first kappa shape index (κ1) is 24.6. The summed E-state index contributed by atoms with van der Waals surface area (Å²) in [7, 11) is -3.29. The number of aldehydes is 1. The Hall–Kier alpha value is -0.380. The topological polar surface area (TPSA) is 51.2 Å². The van der Waals surface area contributed by atoms with Crippen molar-refractivity contribution in [1.82, 2.24) is 0 Å². The maximum absolute atomic E-state index is 12.2. The molecule has 0 saturated carbocycles. The normalized spacial score (nSPS) is 14.4. The number of rotatable bonds is 18. The fourth-order valence-corrected chi connectivity index (χ4v) is 5.09. The second-order valence-corrected chi connectivity index (χ2v) is 10.1. The molecule has 4 heteroatoms. The fraction of sp³-hybridized carbons (Fsp3) is 0.952. The number of hydrogen-bond acceptors (Lipinski definition) is 3. The van der Waals surface area contributed by atoms with E-state index in [-0.39, 0.29) is 5.25 Å². The summed E-state index contributed by atoms with van der Waals surface area (Å²) in [5.74, 6) is 0. The minimum atomic E-state index is -3.29. The van der Waals surface area contributed by atoms with E-state index in [1.165, 1.54) is 77.6 Å². The molecule has 0 heterocycles. The van der Waals surface area contributed by atoms with Gasteiger partial charge < -0.3 is 4.79 Å². The maximum atomic E-state index is 12.2. The van der Waals surface area contributed by atoms with Crippen molar-refractivity contribution in [3.63, 3.8) is 0 Å². The molecular weight excluding hydrogens is 332 g/mol. The smallest absolute Gasteiger partial charge is 0.162 e. The molecule has 0 radical (unpaired) electrons. The summed E-state index contributed by atoms with van der Waals surface area (Å²) in [6.45, 7) is 5.66. The van der Waals surface area contributed by atoms with E-state index in [1.807, 2.05) is 6.92 Å². The van der Waals surface area contributed by atoms with Gasteiger partial charge in [0.25, 0.3) is 0 Å². The van der Waals surface area contributed by atoms with Crippen LogP contribution in [-0.4, -0.2) is 25.2 Å². The number of carbonyl (C=O) groups excluding carboxylic acids is 1. The van der Waals surface area contributed by atoms with E-state index in [4.69, 9.17) is 0 Å². The first-order valence-electron chi connectivity index (χ1n) is 10.7. The van der Waals surface area contributed by atoms with Gasteiger partial charge in [0.1, 0.15) is 11.5 Å². The monoisotopic (exact) mass is 374 g/mol. The van der Waals surface area contributed by atoms with Gasteiger partial charge >= 0.3 is 0 Å². The van der Waals surface area contributed by atoms with Crippen LogP contribution in [0.25, 0.3) is 0 Å². The highest BCUT2D eigenvalue weighted by Gasteiger charge is 2.29. The summed E-state index contributed by atoms with van der Waals surface area (Å²) in [5.41, 5.74) is 0. The summed E-state index contributed by atoms with van der Waals surface area (Å²) in [6, 6.07) is 0. The molecular formula is C21H42O3S. The second-order valence-electron chi connectivity index (χ2n) is 7.49. The molecule has 0 bridgehead atoms. The number of sulfone groups is 1. The molecule has 150 valence electrons. The van der Waals surface area contributed by atoms with Crippen LogP contribution in [0, 0.1) is 0 Å².